The van der Waals surface area contributed by atoms with Gasteiger partial charge in [-0.1, -0.05) is 0 Å². The van der Waals surface area contributed by atoms with Crippen LogP contribution in [0.4, 0.5) is 24.7 Å². The second-order valence-electron chi connectivity index (χ2n) is 3.11. The molecule has 5 nitrogen and oxygen atoms in total. The fourth-order valence-electron chi connectivity index (χ4n) is 1.01. The van der Waals surface area contributed by atoms with Crippen LogP contribution in [-0.4, -0.2) is 22.6 Å². The Hall–Kier alpha value is -1.86. The molecule has 1 rings (SSSR count). The summed E-state index contributed by atoms with van der Waals surface area (Å²) in [5.74, 6) is -0.382. The Balaban J connectivity index is 2.91. The summed E-state index contributed by atoms with van der Waals surface area (Å²) < 4.78 is 35.7. The number of nitrogens with one attached hydrogen (secondary N) is 1. The lowest BCUT2D eigenvalue weighted by atomic mass is 10.3. The Kier molecular flexibility index (Phi) is 3.31. The molecule has 1 N–H and O–H groups in total. The summed E-state index contributed by atoms with van der Waals surface area (Å²) in [7, 11) is 0. The number of halogens is 3. The quantitative estimate of drug-likeness (QED) is 0.644. The maximum atomic E-state index is 11.9. The maximum absolute atomic E-state index is 11.9. The lowest BCUT2D eigenvalue weighted by molar-refractivity contribution is -0.384. The van der Waals surface area contributed by atoms with Crippen LogP contribution in [0.2, 0.25) is 0 Å². The summed E-state index contributed by atoms with van der Waals surface area (Å²) in [5.41, 5.74) is 0.0357. The molecule has 0 unspecified atom stereocenters. The van der Waals surface area contributed by atoms with Crippen molar-refractivity contribution in [1.82, 2.24) is 4.98 Å². The van der Waals surface area contributed by atoms with Crippen molar-refractivity contribution < 1.29 is 18.1 Å². The van der Waals surface area contributed by atoms with Gasteiger partial charge in [-0.15, -0.1) is 0 Å². The van der Waals surface area contributed by atoms with Gasteiger partial charge in [-0.2, -0.15) is 13.2 Å². The van der Waals surface area contributed by atoms with Gasteiger partial charge in [0.2, 0.25) is 5.82 Å². The second kappa shape index (κ2) is 4.33. The molecule has 0 saturated heterocycles. The third-order valence-corrected chi connectivity index (χ3v) is 1.66. The molecule has 1 heterocycles. The number of nitrogens with zero attached hydrogens (tertiary/aromatic N) is 2. The van der Waals surface area contributed by atoms with Gasteiger partial charge < -0.3 is 5.32 Å². The molecule has 0 atom stereocenters. The zero-order valence-corrected chi connectivity index (χ0v) is 8.21. The Bertz CT molecular complexity index is 406. The Labute approximate surface area is 88.4 Å². The van der Waals surface area contributed by atoms with E-state index >= 15 is 0 Å². The smallest absolute Gasteiger partial charge is 0.355 e. The average Bonchev–Trinajstić information content (AvgIpc) is 2.14. The summed E-state index contributed by atoms with van der Waals surface area (Å²) in [6.07, 6.45) is -3.19. The summed E-state index contributed by atoms with van der Waals surface area (Å²) in [5, 5.41) is 12.4. The third-order valence-electron chi connectivity index (χ3n) is 1.66. The monoisotopic (exact) mass is 235 g/mol. The molecule has 0 spiro atoms. The van der Waals surface area contributed by atoms with Crippen LogP contribution >= 0.6 is 0 Å². The number of rotatable bonds is 3. The first-order valence-electron chi connectivity index (χ1n) is 4.21. The van der Waals surface area contributed by atoms with E-state index in [1.165, 1.54) is 6.20 Å². The summed E-state index contributed by atoms with van der Waals surface area (Å²) in [6.45, 7) is 0.206. The standard InChI is InChI=1S/C8H8F3N3O2/c1-5-2-6(14(15)16)7(12-3-5)13-4-8(9,10)11/h2-3H,4H2,1H3,(H,12,13). The SMILES string of the molecule is Cc1cnc(NCC(F)(F)F)c([N+](=O)[O-])c1. The van der Waals surface area contributed by atoms with E-state index < -0.39 is 23.3 Å². The maximum Gasteiger partial charge on any atom is 0.405 e. The van der Waals surface area contributed by atoms with Gasteiger partial charge in [0.15, 0.2) is 0 Å². The number of anilines is 1. The topological polar surface area (TPSA) is 68.1 Å². The largest absolute Gasteiger partial charge is 0.405 e. The lowest BCUT2D eigenvalue weighted by Gasteiger charge is -2.08. The van der Waals surface area contributed by atoms with Crippen LogP contribution in [0.1, 0.15) is 5.56 Å². The van der Waals surface area contributed by atoms with Crippen molar-refractivity contribution in [1.29, 1.82) is 0 Å². The zero-order valence-electron chi connectivity index (χ0n) is 8.21. The summed E-state index contributed by atoms with van der Waals surface area (Å²) >= 11 is 0. The highest BCUT2D eigenvalue weighted by atomic mass is 19.4. The van der Waals surface area contributed by atoms with Crippen molar-refractivity contribution in [3.63, 3.8) is 0 Å². The number of pyridine rings is 1. The summed E-state index contributed by atoms with van der Waals surface area (Å²) in [6, 6.07) is 1.16. The van der Waals surface area contributed by atoms with Crippen molar-refractivity contribution in [3.8, 4) is 0 Å². The molecule has 0 aliphatic carbocycles. The highest BCUT2D eigenvalue weighted by Crippen LogP contribution is 2.24. The van der Waals surface area contributed by atoms with Gasteiger partial charge in [-0.25, -0.2) is 4.98 Å². The van der Waals surface area contributed by atoms with Crippen molar-refractivity contribution in [2.24, 2.45) is 0 Å². The van der Waals surface area contributed by atoms with Crippen LogP contribution in [0.15, 0.2) is 12.3 Å². The molecule has 0 amide bonds. The number of hydrogen-bond donors (Lipinski definition) is 1. The first-order chi connectivity index (χ1) is 7.29. The van der Waals surface area contributed by atoms with E-state index in [1.807, 2.05) is 5.32 Å². The minimum atomic E-state index is -4.44. The molecule has 1 aromatic rings. The number of alkyl halides is 3. The molecule has 88 valence electrons. The van der Waals surface area contributed by atoms with E-state index in [9.17, 15) is 23.3 Å². The van der Waals surface area contributed by atoms with Crippen LogP contribution in [0, 0.1) is 17.0 Å². The normalized spacial score (nSPS) is 11.2. The van der Waals surface area contributed by atoms with Crippen LogP contribution in [0.5, 0.6) is 0 Å². The van der Waals surface area contributed by atoms with Gasteiger partial charge >= 0.3 is 11.9 Å². The zero-order chi connectivity index (χ0) is 12.3. The van der Waals surface area contributed by atoms with Gasteiger partial charge in [0.1, 0.15) is 6.54 Å². The molecule has 0 aliphatic rings. The first kappa shape index (κ1) is 12.2. The van der Waals surface area contributed by atoms with E-state index in [-0.39, 0.29) is 5.82 Å². The van der Waals surface area contributed by atoms with Crippen LogP contribution in [0.25, 0.3) is 0 Å². The fourth-order valence-corrected chi connectivity index (χ4v) is 1.01. The van der Waals surface area contributed by atoms with Crippen molar-refractivity contribution in [2.45, 2.75) is 13.1 Å². The van der Waals surface area contributed by atoms with Crippen LogP contribution in [0.3, 0.4) is 0 Å². The Morgan fingerprint density at radius 2 is 2.19 bits per heavy atom. The lowest BCUT2D eigenvalue weighted by Crippen LogP contribution is -2.22. The predicted octanol–water partition coefficient (Wildman–Crippen LogP) is 2.27. The molecule has 0 aromatic carbocycles. The molecule has 0 saturated carbocycles. The second-order valence-corrected chi connectivity index (χ2v) is 3.11. The highest BCUT2D eigenvalue weighted by molar-refractivity contribution is 5.56. The van der Waals surface area contributed by atoms with Gasteiger partial charge in [0.05, 0.1) is 4.92 Å². The van der Waals surface area contributed by atoms with Crippen LogP contribution in [-0.2, 0) is 0 Å². The molecule has 16 heavy (non-hydrogen) atoms. The van der Waals surface area contributed by atoms with Gasteiger partial charge in [0.25, 0.3) is 0 Å². The molecule has 1 aromatic heterocycles. The van der Waals surface area contributed by atoms with Gasteiger partial charge in [0, 0.05) is 12.3 Å². The molecular weight excluding hydrogens is 227 g/mol. The van der Waals surface area contributed by atoms with Crippen LogP contribution < -0.4 is 5.32 Å². The predicted molar refractivity (Wildman–Crippen MR) is 50.2 cm³/mol. The van der Waals surface area contributed by atoms with Crippen molar-refractivity contribution in [3.05, 3.63) is 27.9 Å². The fraction of sp³-hybridized carbons (Fsp3) is 0.375. The summed E-state index contributed by atoms with van der Waals surface area (Å²) in [4.78, 5) is 13.3. The van der Waals surface area contributed by atoms with Crippen molar-refractivity contribution >= 4 is 11.5 Å². The first-order valence-corrected chi connectivity index (χ1v) is 4.21. The molecular formula is C8H8F3N3O2. The third kappa shape index (κ3) is 3.37. The molecule has 8 heteroatoms. The van der Waals surface area contributed by atoms with Gasteiger partial charge in [-0.3, -0.25) is 10.1 Å². The van der Waals surface area contributed by atoms with Gasteiger partial charge in [-0.05, 0) is 12.5 Å². The van der Waals surface area contributed by atoms with E-state index in [0.717, 1.165) is 6.07 Å². The van der Waals surface area contributed by atoms with E-state index in [4.69, 9.17) is 0 Å². The number of aromatic nitrogens is 1. The Morgan fingerprint density at radius 3 is 2.69 bits per heavy atom. The minimum Gasteiger partial charge on any atom is -0.355 e. The van der Waals surface area contributed by atoms with Crippen molar-refractivity contribution in [2.75, 3.05) is 11.9 Å². The molecule has 0 radical (unpaired) electrons. The number of aryl methyl sites for hydroxylation is 1. The van der Waals surface area contributed by atoms with E-state index in [2.05, 4.69) is 4.98 Å². The number of hydrogen-bond acceptors (Lipinski definition) is 4. The Morgan fingerprint density at radius 1 is 1.56 bits per heavy atom. The van der Waals surface area contributed by atoms with E-state index in [1.54, 1.807) is 6.92 Å². The number of nitro groups is 1. The molecule has 0 aliphatic heterocycles. The molecule has 0 fully saturated rings. The van der Waals surface area contributed by atoms with E-state index in [0.29, 0.717) is 5.56 Å². The highest BCUT2D eigenvalue weighted by Gasteiger charge is 2.28. The average molecular weight is 235 g/mol. The minimum absolute atomic E-state index is 0.382. The molecule has 0 bridgehead atoms.